The lowest BCUT2D eigenvalue weighted by molar-refractivity contribution is -0.145. The van der Waals surface area contributed by atoms with Crippen LogP contribution in [-0.2, 0) is 22.7 Å². The van der Waals surface area contributed by atoms with E-state index >= 15 is 0 Å². The minimum Gasteiger partial charge on any atom is -0.461 e. The number of esters is 1. The van der Waals surface area contributed by atoms with Crippen LogP contribution in [0, 0.1) is 11.3 Å². The molecule has 0 bridgehead atoms. The summed E-state index contributed by atoms with van der Waals surface area (Å²) < 4.78 is 6.59. The van der Waals surface area contributed by atoms with Crippen LogP contribution in [0.3, 0.4) is 0 Å². The van der Waals surface area contributed by atoms with E-state index in [0.29, 0.717) is 15.8 Å². The lowest BCUT2D eigenvalue weighted by atomic mass is 10.2. The molecule has 2 heterocycles. The Kier molecular flexibility index (Phi) is 4.68. The Morgan fingerprint density at radius 2 is 2.08 bits per heavy atom. The largest absolute Gasteiger partial charge is 0.461 e. The summed E-state index contributed by atoms with van der Waals surface area (Å²) >= 11 is 1.41. The van der Waals surface area contributed by atoms with Gasteiger partial charge in [-0.15, -0.1) is 11.3 Å². The predicted molar refractivity (Wildman–Crippen MR) is 89.5 cm³/mol. The molecule has 6 nitrogen and oxygen atoms in total. The molecule has 7 heteroatoms. The Bertz CT molecular complexity index is 967. The third-order valence-corrected chi connectivity index (χ3v) is 4.31. The first-order chi connectivity index (χ1) is 11.7. The Balaban J connectivity index is 1.55. The monoisotopic (exact) mass is 339 g/mol. The zero-order valence-corrected chi connectivity index (χ0v) is 13.5. The number of aromatic nitrogens is 2. The highest BCUT2D eigenvalue weighted by molar-refractivity contribution is 7.16. The van der Waals surface area contributed by atoms with Crippen LogP contribution in [0.5, 0.6) is 0 Å². The molecule has 0 saturated heterocycles. The molecule has 0 atom stereocenters. The van der Waals surface area contributed by atoms with Crippen molar-refractivity contribution in [1.29, 1.82) is 5.26 Å². The van der Waals surface area contributed by atoms with Gasteiger partial charge < -0.3 is 4.74 Å². The van der Waals surface area contributed by atoms with Gasteiger partial charge in [-0.25, -0.2) is 4.98 Å². The van der Waals surface area contributed by atoms with Crippen LogP contribution in [0.15, 0.2) is 46.8 Å². The van der Waals surface area contributed by atoms with E-state index in [9.17, 15) is 9.59 Å². The summed E-state index contributed by atoms with van der Waals surface area (Å²) in [5.41, 5.74) is 1.21. The summed E-state index contributed by atoms with van der Waals surface area (Å²) in [4.78, 5) is 28.9. The van der Waals surface area contributed by atoms with E-state index in [1.165, 1.54) is 22.2 Å². The summed E-state index contributed by atoms with van der Waals surface area (Å²) in [6.45, 7) is 0.366. The van der Waals surface area contributed by atoms with E-state index in [4.69, 9.17) is 10.00 Å². The fraction of sp³-hybridized carbons (Fsp3) is 0.176. The number of benzene rings is 1. The molecule has 0 saturated carbocycles. The molecule has 120 valence electrons. The van der Waals surface area contributed by atoms with Gasteiger partial charge in [0, 0.05) is 6.54 Å². The second-order valence-corrected chi connectivity index (χ2v) is 6.00. The molecule has 24 heavy (non-hydrogen) atoms. The first-order valence-corrected chi connectivity index (χ1v) is 8.12. The van der Waals surface area contributed by atoms with Gasteiger partial charge in [-0.2, -0.15) is 5.26 Å². The first-order valence-electron chi connectivity index (χ1n) is 7.24. The highest BCUT2D eigenvalue weighted by atomic mass is 32.1. The summed E-state index contributed by atoms with van der Waals surface area (Å²) in [6.07, 6.45) is 1.54. The second-order valence-electron chi connectivity index (χ2n) is 5.10. The molecule has 2 aromatic heterocycles. The van der Waals surface area contributed by atoms with Crippen LogP contribution in [0.4, 0.5) is 0 Å². The molecule has 3 rings (SSSR count). The number of rotatable bonds is 5. The smallest absolute Gasteiger partial charge is 0.307 e. The average Bonchev–Trinajstić information content (AvgIpc) is 3.09. The SMILES string of the molecule is N#Cc1ccc(COC(=O)CCn2cnc3sccc3c2=O)cc1. The Morgan fingerprint density at radius 1 is 1.29 bits per heavy atom. The molecule has 0 spiro atoms. The van der Waals surface area contributed by atoms with Crippen LogP contribution in [0.2, 0.25) is 0 Å². The van der Waals surface area contributed by atoms with Crippen molar-refractivity contribution in [1.82, 2.24) is 9.55 Å². The quantitative estimate of drug-likeness (QED) is 0.667. The molecule has 0 aliphatic heterocycles. The van der Waals surface area contributed by atoms with Crippen molar-refractivity contribution >= 4 is 27.5 Å². The highest BCUT2D eigenvalue weighted by Crippen LogP contribution is 2.13. The number of ether oxygens (including phenoxy) is 1. The maximum absolute atomic E-state index is 12.2. The van der Waals surface area contributed by atoms with Crippen LogP contribution in [-0.4, -0.2) is 15.5 Å². The minimum atomic E-state index is -0.392. The number of nitrogens with zero attached hydrogens (tertiary/aromatic N) is 3. The Labute approximate surface area is 141 Å². The number of thiophene rings is 1. The summed E-state index contributed by atoms with van der Waals surface area (Å²) in [6, 6.07) is 10.6. The van der Waals surface area contributed by atoms with Gasteiger partial charge in [0.2, 0.25) is 0 Å². The van der Waals surface area contributed by atoms with Gasteiger partial charge in [-0.1, -0.05) is 12.1 Å². The standard InChI is InChI=1S/C17H13N3O3S/c18-9-12-1-3-13(4-2-12)10-23-15(21)5-7-20-11-19-16-14(17(20)22)6-8-24-16/h1-4,6,8,11H,5,7,10H2. The van der Waals surface area contributed by atoms with Crippen LogP contribution in [0.25, 0.3) is 10.2 Å². The molecule has 0 fully saturated rings. The molecule has 0 N–H and O–H groups in total. The number of hydrogen-bond acceptors (Lipinski definition) is 6. The van der Waals surface area contributed by atoms with Crippen LogP contribution < -0.4 is 5.56 Å². The maximum atomic E-state index is 12.2. The number of carbonyl (C=O) groups is 1. The van der Waals surface area contributed by atoms with Gasteiger partial charge >= 0.3 is 5.97 Å². The number of aryl methyl sites for hydroxylation is 1. The van der Waals surface area contributed by atoms with Crippen molar-refractivity contribution in [2.24, 2.45) is 0 Å². The van der Waals surface area contributed by atoms with E-state index in [2.05, 4.69) is 4.98 Å². The van der Waals surface area contributed by atoms with E-state index in [-0.39, 0.29) is 25.1 Å². The molecule has 0 unspecified atom stereocenters. The molecule has 3 aromatic rings. The van der Waals surface area contributed by atoms with E-state index in [1.54, 1.807) is 30.3 Å². The lowest BCUT2D eigenvalue weighted by Crippen LogP contribution is -2.21. The topological polar surface area (TPSA) is 85.0 Å². The molecule has 1 aromatic carbocycles. The summed E-state index contributed by atoms with van der Waals surface area (Å²) in [5, 5.41) is 11.1. The second kappa shape index (κ2) is 7.06. The van der Waals surface area contributed by atoms with E-state index < -0.39 is 5.97 Å². The van der Waals surface area contributed by atoms with Gasteiger partial charge in [-0.05, 0) is 29.1 Å². The van der Waals surface area contributed by atoms with Gasteiger partial charge in [0.15, 0.2) is 0 Å². The number of fused-ring (bicyclic) bond motifs is 1. The van der Waals surface area contributed by atoms with Crippen molar-refractivity contribution in [3.8, 4) is 6.07 Å². The fourth-order valence-electron chi connectivity index (χ4n) is 2.18. The first kappa shape index (κ1) is 15.9. The molecular weight excluding hydrogens is 326 g/mol. The Morgan fingerprint density at radius 3 is 2.83 bits per heavy atom. The van der Waals surface area contributed by atoms with Gasteiger partial charge in [-0.3, -0.25) is 14.2 Å². The number of hydrogen-bond donors (Lipinski definition) is 0. The van der Waals surface area contributed by atoms with Gasteiger partial charge in [0.1, 0.15) is 11.4 Å². The molecule has 0 aliphatic rings. The zero-order chi connectivity index (χ0) is 16.9. The predicted octanol–water partition coefficient (Wildman–Crippen LogP) is 2.46. The molecule has 0 amide bonds. The summed E-state index contributed by atoms with van der Waals surface area (Å²) in [7, 11) is 0. The van der Waals surface area contributed by atoms with Crippen molar-refractivity contribution < 1.29 is 9.53 Å². The van der Waals surface area contributed by atoms with Crippen molar-refractivity contribution in [3.05, 3.63) is 63.5 Å². The van der Waals surface area contributed by atoms with Crippen LogP contribution >= 0.6 is 11.3 Å². The Hall–Kier alpha value is -2.98. The van der Waals surface area contributed by atoms with E-state index in [1.807, 2.05) is 11.4 Å². The summed E-state index contributed by atoms with van der Waals surface area (Å²) in [5.74, 6) is -0.392. The third kappa shape index (κ3) is 3.50. The minimum absolute atomic E-state index is 0.0908. The van der Waals surface area contributed by atoms with Gasteiger partial charge in [0.05, 0.1) is 29.8 Å². The van der Waals surface area contributed by atoms with Crippen LogP contribution in [0.1, 0.15) is 17.5 Å². The highest BCUT2D eigenvalue weighted by Gasteiger charge is 2.08. The van der Waals surface area contributed by atoms with E-state index in [0.717, 1.165) is 5.56 Å². The normalized spacial score (nSPS) is 10.5. The fourth-order valence-corrected chi connectivity index (χ4v) is 2.90. The lowest BCUT2D eigenvalue weighted by Gasteiger charge is -2.07. The zero-order valence-electron chi connectivity index (χ0n) is 12.6. The third-order valence-electron chi connectivity index (χ3n) is 3.49. The molecular formula is C17H13N3O3S. The average molecular weight is 339 g/mol. The van der Waals surface area contributed by atoms with Crippen molar-refractivity contribution in [2.45, 2.75) is 19.6 Å². The number of carbonyl (C=O) groups excluding carboxylic acids is 1. The maximum Gasteiger partial charge on any atom is 0.307 e. The van der Waals surface area contributed by atoms with Gasteiger partial charge in [0.25, 0.3) is 5.56 Å². The van der Waals surface area contributed by atoms with Crippen molar-refractivity contribution in [2.75, 3.05) is 0 Å². The van der Waals surface area contributed by atoms with Crippen molar-refractivity contribution in [3.63, 3.8) is 0 Å². The number of nitriles is 1. The molecule has 0 radical (unpaired) electrons. The molecule has 0 aliphatic carbocycles.